The number of halogens is 1. The average molecular weight is 311 g/mol. The van der Waals surface area contributed by atoms with Crippen LogP contribution in [0.25, 0.3) is 0 Å². The summed E-state index contributed by atoms with van der Waals surface area (Å²) in [6, 6.07) is 8.02. The molecule has 0 bridgehead atoms. The Kier molecular flexibility index (Phi) is 3.71. The number of aliphatic hydroxyl groups excluding tert-OH is 1. The van der Waals surface area contributed by atoms with Crippen LogP contribution in [0.2, 0.25) is 0 Å². The molecule has 0 atom stereocenters. The molecule has 0 unspecified atom stereocenters. The average Bonchev–Trinajstić information content (AvgIpc) is 2.23. The molecule has 1 aromatic rings. The van der Waals surface area contributed by atoms with Crippen molar-refractivity contribution in [2.45, 2.75) is 26.0 Å². The Bertz CT molecular complexity index is 527. The highest BCUT2D eigenvalue weighted by molar-refractivity contribution is 9.10. The van der Waals surface area contributed by atoms with Crippen molar-refractivity contribution in [2.75, 3.05) is 6.61 Å². The fourth-order valence-corrected chi connectivity index (χ4v) is 2.49. The van der Waals surface area contributed by atoms with E-state index in [1.165, 1.54) is 0 Å². The number of benzene rings is 1. The first-order chi connectivity index (χ1) is 8.41. The zero-order valence-corrected chi connectivity index (χ0v) is 12.1. The zero-order valence-electron chi connectivity index (χ0n) is 10.5. The maximum absolute atomic E-state index is 10.0. The van der Waals surface area contributed by atoms with Crippen molar-refractivity contribution in [3.8, 4) is 0 Å². The maximum atomic E-state index is 10.0. The Morgan fingerprint density at radius 1 is 1.33 bits per heavy atom. The minimum absolute atomic E-state index is 0.00637. The van der Waals surface area contributed by atoms with Crippen LogP contribution in [0.1, 0.15) is 19.4 Å². The van der Waals surface area contributed by atoms with E-state index in [9.17, 15) is 10.2 Å². The molecule has 4 heteroatoms. The topological polar surface area (TPSA) is 43.5 Å². The quantitative estimate of drug-likeness (QED) is 0.836. The molecule has 0 aliphatic carbocycles. The summed E-state index contributed by atoms with van der Waals surface area (Å²) in [6.07, 6.45) is 1.85. The van der Waals surface area contributed by atoms with Gasteiger partial charge < -0.3 is 10.2 Å². The second kappa shape index (κ2) is 4.96. The van der Waals surface area contributed by atoms with Crippen LogP contribution in [0.5, 0.6) is 0 Å². The molecule has 0 saturated heterocycles. The van der Waals surface area contributed by atoms with Gasteiger partial charge in [0.05, 0.1) is 6.08 Å². The van der Waals surface area contributed by atoms with E-state index in [4.69, 9.17) is 0 Å². The Morgan fingerprint density at radius 3 is 2.61 bits per heavy atom. The first kappa shape index (κ1) is 13.5. The van der Waals surface area contributed by atoms with E-state index in [1.807, 2.05) is 34.9 Å². The first-order valence-electron chi connectivity index (χ1n) is 5.85. The van der Waals surface area contributed by atoms with E-state index in [2.05, 4.69) is 15.9 Å². The van der Waals surface area contributed by atoms with Crippen LogP contribution in [0.15, 0.2) is 40.5 Å². The molecule has 0 aromatic heterocycles. The zero-order chi connectivity index (χ0) is 13.3. The van der Waals surface area contributed by atoms with Gasteiger partial charge in [0.1, 0.15) is 12.2 Å². The van der Waals surface area contributed by atoms with Gasteiger partial charge in [-0.15, -0.1) is 0 Å². The van der Waals surface area contributed by atoms with E-state index in [0.29, 0.717) is 6.54 Å². The van der Waals surface area contributed by atoms with Crippen molar-refractivity contribution >= 4 is 21.6 Å². The third kappa shape index (κ3) is 2.71. The minimum atomic E-state index is -0.884. The van der Waals surface area contributed by atoms with E-state index in [0.717, 1.165) is 21.4 Å². The molecule has 1 heterocycles. The van der Waals surface area contributed by atoms with E-state index >= 15 is 0 Å². The summed E-state index contributed by atoms with van der Waals surface area (Å²) in [4.78, 5) is 0. The lowest BCUT2D eigenvalue weighted by Crippen LogP contribution is -2.43. The molecule has 3 nitrogen and oxygen atoms in total. The summed E-state index contributed by atoms with van der Waals surface area (Å²) in [6.45, 7) is 4.15. The van der Waals surface area contributed by atoms with Gasteiger partial charge in [0, 0.05) is 10.0 Å². The van der Waals surface area contributed by atoms with Crippen LogP contribution in [0, 0.1) is 0 Å². The molecule has 2 rings (SSSR count). The van der Waals surface area contributed by atoms with Crippen molar-refractivity contribution in [1.29, 1.82) is 0 Å². The number of rotatable bonds is 4. The van der Waals surface area contributed by atoms with Gasteiger partial charge in [-0.2, -0.15) is 4.58 Å². The lowest BCUT2D eigenvalue weighted by Gasteiger charge is -2.24. The monoisotopic (exact) mass is 310 g/mol. The standard InChI is InChI=1S/C14H17BrNO2/c1-14(2,18)13-7-12(9-17)16(13)8-10-4-3-5-11(15)6-10/h3-7,17-18H,8-9H2,1-2H3/q+1. The molecule has 0 amide bonds. The normalized spacial score (nSPS) is 15.5. The molecular formula is C14H17BrNO2+. The summed E-state index contributed by atoms with van der Waals surface area (Å²) >= 11 is 3.44. The van der Waals surface area contributed by atoms with Crippen LogP contribution in [0.3, 0.4) is 0 Å². The second-order valence-electron chi connectivity index (χ2n) is 4.95. The fraction of sp³-hybridized carbons (Fsp3) is 0.357. The van der Waals surface area contributed by atoms with Crippen molar-refractivity contribution in [3.63, 3.8) is 0 Å². The molecule has 1 aliphatic heterocycles. The number of nitrogens with zero attached hydrogens (tertiary/aromatic N) is 1. The highest BCUT2D eigenvalue weighted by atomic mass is 79.9. The van der Waals surface area contributed by atoms with Crippen molar-refractivity contribution in [3.05, 3.63) is 46.1 Å². The van der Waals surface area contributed by atoms with Crippen molar-refractivity contribution < 1.29 is 14.8 Å². The van der Waals surface area contributed by atoms with Crippen LogP contribution < -0.4 is 0 Å². The Labute approximate surface area is 115 Å². The van der Waals surface area contributed by atoms with Gasteiger partial charge >= 0.3 is 0 Å². The van der Waals surface area contributed by atoms with Crippen LogP contribution in [-0.4, -0.2) is 32.7 Å². The molecule has 0 spiro atoms. The Hall–Kier alpha value is -0.970. The van der Waals surface area contributed by atoms with Gasteiger partial charge in [0.15, 0.2) is 6.54 Å². The summed E-state index contributed by atoms with van der Waals surface area (Å²) in [7, 11) is 0. The van der Waals surface area contributed by atoms with Gasteiger partial charge in [0.25, 0.3) is 0 Å². The smallest absolute Gasteiger partial charge is 0.219 e. The SMILES string of the molecule is CC(C)(O)C1=[N+](Cc2cccc(Br)c2)C(CO)=C1. The van der Waals surface area contributed by atoms with Crippen molar-refractivity contribution in [2.24, 2.45) is 0 Å². The summed E-state index contributed by atoms with van der Waals surface area (Å²) in [5.41, 5.74) is 1.92. The highest BCUT2D eigenvalue weighted by Crippen LogP contribution is 2.22. The van der Waals surface area contributed by atoms with Gasteiger partial charge in [0.2, 0.25) is 11.4 Å². The molecule has 0 fully saturated rings. The lowest BCUT2D eigenvalue weighted by atomic mass is 9.96. The first-order valence-corrected chi connectivity index (χ1v) is 6.64. The second-order valence-corrected chi connectivity index (χ2v) is 5.87. The fourth-order valence-electron chi connectivity index (χ4n) is 2.04. The molecule has 0 saturated carbocycles. The highest BCUT2D eigenvalue weighted by Gasteiger charge is 2.38. The molecule has 1 aromatic carbocycles. The molecule has 2 N–H and O–H groups in total. The van der Waals surface area contributed by atoms with Gasteiger partial charge in [-0.3, -0.25) is 0 Å². The third-order valence-electron chi connectivity index (χ3n) is 2.96. The van der Waals surface area contributed by atoms with Crippen LogP contribution in [-0.2, 0) is 6.54 Å². The summed E-state index contributed by atoms with van der Waals surface area (Å²) < 4.78 is 2.99. The van der Waals surface area contributed by atoms with Crippen molar-refractivity contribution in [1.82, 2.24) is 0 Å². The number of hydrogen-bond acceptors (Lipinski definition) is 2. The molecule has 1 aliphatic rings. The minimum Gasteiger partial charge on any atom is -0.385 e. The van der Waals surface area contributed by atoms with E-state index < -0.39 is 5.60 Å². The molecule has 18 heavy (non-hydrogen) atoms. The maximum Gasteiger partial charge on any atom is 0.219 e. The molecule has 96 valence electrons. The number of hydrogen-bond donors (Lipinski definition) is 2. The van der Waals surface area contributed by atoms with Gasteiger partial charge in [-0.1, -0.05) is 28.1 Å². The van der Waals surface area contributed by atoms with Crippen LogP contribution in [0.4, 0.5) is 0 Å². The third-order valence-corrected chi connectivity index (χ3v) is 3.45. The van der Waals surface area contributed by atoms with Crippen LogP contribution >= 0.6 is 15.9 Å². The molecular weight excluding hydrogens is 294 g/mol. The molecule has 0 radical (unpaired) electrons. The predicted molar refractivity (Wildman–Crippen MR) is 74.6 cm³/mol. The Balaban J connectivity index is 2.26. The van der Waals surface area contributed by atoms with Gasteiger partial charge in [-0.05, 0) is 26.0 Å². The predicted octanol–water partition coefficient (Wildman–Crippen LogP) is 2.06. The van der Waals surface area contributed by atoms with Gasteiger partial charge in [-0.25, -0.2) is 0 Å². The summed E-state index contributed by atoms with van der Waals surface area (Å²) in [5.74, 6) is 0. The Morgan fingerprint density at radius 2 is 2.06 bits per heavy atom. The largest absolute Gasteiger partial charge is 0.385 e. The van der Waals surface area contributed by atoms with E-state index in [1.54, 1.807) is 13.8 Å². The summed E-state index contributed by atoms with van der Waals surface area (Å²) in [5, 5.41) is 19.3. The number of aliphatic hydroxyl groups is 2. The lowest BCUT2D eigenvalue weighted by molar-refractivity contribution is -0.513. The van der Waals surface area contributed by atoms with E-state index in [-0.39, 0.29) is 6.61 Å².